The van der Waals surface area contributed by atoms with Gasteiger partial charge in [0.25, 0.3) is 0 Å². The number of nitrogens with one attached hydrogen (secondary N) is 3. The molecule has 114 valence electrons. The predicted molar refractivity (Wildman–Crippen MR) is 85.0 cm³/mol. The third-order valence-electron chi connectivity index (χ3n) is 2.47. The summed E-state index contributed by atoms with van der Waals surface area (Å²) in [6.45, 7) is 1.41. The van der Waals surface area contributed by atoms with Gasteiger partial charge in [0, 0.05) is 24.5 Å². The summed E-state index contributed by atoms with van der Waals surface area (Å²) in [4.78, 5) is 39.9. The number of benzene rings is 1. The maximum Gasteiger partial charge on any atom is 0.345 e. The summed E-state index contributed by atoms with van der Waals surface area (Å²) >= 11 is 1.20. The first-order valence-electron chi connectivity index (χ1n) is 6.38. The van der Waals surface area contributed by atoms with E-state index in [0.717, 1.165) is 0 Å². The molecule has 0 bridgehead atoms. The molecule has 0 unspecified atom stereocenters. The van der Waals surface area contributed by atoms with Crippen LogP contribution in [0.4, 0.5) is 11.4 Å². The van der Waals surface area contributed by atoms with Crippen LogP contribution in [0.25, 0.3) is 0 Å². The first-order valence-corrected chi connectivity index (χ1v) is 7.37. The Balaban J connectivity index is 1.91. The molecule has 2 rings (SSSR count). The number of thioether (sulfide) groups is 1. The van der Waals surface area contributed by atoms with Gasteiger partial charge in [-0.25, -0.2) is 9.78 Å². The zero-order chi connectivity index (χ0) is 15.9. The van der Waals surface area contributed by atoms with Crippen LogP contribution in [-0.2, 0) is 9.59 Å². The molecule has 2 amide bonds. The van der Waals surface area contributed by atoms with Crippen molar-refractivity contribution in [1.82, 2.24) is 9.97 Å². The number of carbonyl (C=O) groups is 2. The Morgan fingerprint density at radius 1 is 1.23 bits per heavy atom. The number of nitrogens with zero attached hydrogens (tertiary/aromatic N) is 1. The number of aromatic nitrogens is 2. The van der Waals surface area contributed by atoms with Gasteiger partial charge in [0.2, 0.25) is 11.8 Å². The van der Waals surface area contributed by atoms with E-state index in [9.17, 15) is 14.4 Å². The Labute approximate surface area is 130 Å². The van der Waals surface area contributed by atoms with Crippen LogP contribution < -0.4 is 16.3 Å². The second kappa shape index (κ2) is 7.41. The molecule has 1 heterocycles. The standard InChI is InChI=1S/C14H14N4O3S/c1-9(19)16-10-3-2-4-11(7-10)17-12(20)8-22-13-5-6-15-14(21)18-13/h2-7H,8H2,1H3,(H,16,19)(H,17,20)(H,15,18,21). The third kappa shape index (κ3) is 5.06. The highest BCUT2D eigenvalue weighted by molar-refractivity contribution is 7.99. The molecule has 0 saturated heterocycles. The minimum atomic E-state index is -0.451. The molecule has 0 aliphatic carbocycles. The van der Waals surface area contributed by atoms with E-state index in [2.05, 4.69) is 20.6 Å². The van der Waals surface area contributed by atoms with Crippen molar-refractivity contribution in [2.75, 3.05) is 16.4 Å². The lowest BCUT2D eigenvalue weighted by molar-refractivity contribution is -0.114. The van der Waals surface area contributed by atoms with Crippen molar-refractivity contribution in [2.45, 2.75) is 11.9 Å². The minimum Gasteiger partial charge on any atom is -0.326 e. The molecule has 0 aliphatic rings. The summed E-state index contributed by atoms with van der Waals surface area (Å²) in [5.74, 6) is -0.257. The van der Waals surface area contributed by atoms with Crippen LogP contribution in [0.3, 0.4) is 0 Å². The van der Waals surface area contributed by atoms with Crippen molar-refractivity contribution in [3.8, 4) is 0 Å². The van der Waals surface area contributed by atoms with Gasteiger partial charge in [0.05, 0.1) is 10.8 Å². The highest BCUT2D eigenvalue weighted by atomic mass is 32.2. The number of rotatable bonds is 5. The number of hydrogen-bond donors (Lipinski definition) is 3. The number of hydrogen-bond acceptors (Lipinski definition) is 5. The van der Waals surface area contributed by atoms with Gasteiger partial charge >= 0.3 is 5.69 Å². The number of aromatic amines is 1. The fourth-order valence-corrected chi connectivity index (χ4v) is 2.33. The third-order valence-corrected chi connectivity index (χ3v) is 3.43. The smallest absolute Gasteiger partial charge is 0.326 e. The van der Waals surface area contributed by atoms with Crippen LogP contribution in [0.1, 0.15) is 6.92 Å². The highest BCUT2D eigenvalue weighted by Gasteiger charge is 2.05. The van der Waals surface area contributed by atoms with Crippen molar-refractivity contribution < 1.29 is 9.59 Å². The van der Waals surface area contributed by atoms with Gasteiger partial charge in [-0.1, -0.05) is 17.8 Å². The lowest BCUT2D eigenvalue weighted by Gasteiger charge is -2.07. The molecular formula is C14H14N4O3S. The quantitative estimate of drug-likeness (QED) is 0.572. The molecule has 0 fully saturated rings. The van der Waals surface area contributed by atoms with Gasteiger partial charge in [-0.2, -0.15) is 0 Å². The SMILES string of the molecule is CC(=O)Nc1cccc(NC(=O)CSc2ccnc(=O)[nH]2)c1. The second-order valence-electron chi connectivity index (χ2n) is 4.34. The molecule has 22 heavy (non-hydrogen) atoms. The Hall–Kier alpha value is -2.61. The molecule has 0 spiro atoms. The first-order chi connectivity index (χ1) is 10.5. The molecule has 7 nitrogen and oxygen atoms in total. The molecule has 0 radical (unpaired) electrons. The van der Waals surface area contributed by atoms with Crippen LogP contribution >= 0.6 is 11.8 Å². The predicted octanol–water partition coefficient (Wildman–Crippen LogP) is 1.46. The summed E-state index contributed by atoms with van der Waals surface area (Å²) in [5.41, 5.74) is 0.741. The zero-order valence-electron chi connectivity index (χ0n) is 11.8. The van der Waals surface area contributed by atoms with Crippen LogP contribution in [-0.4, -0.2) is 27.5 Å². The molecule has 2 aromatic rings. The maximum atomic E-state index is 11.9. The highest BCUT2D eigenvalue weighted by Crippen LogP contribution is 2.17. The van der Waals surface area contributed by atoms with Crippen LogP contribution in [0.2, 0.25) is 0 Å². The molecular weight excluding hydrogens is 304 g/mol. The Kier molecular flexibility index (Phi) is 5.31. The van der Waals surface area contributed by atoms with E-state index in [1.807, 2.05) is 0 Å². The number of anilines is 2. The van der Waals surface area contributed by atoms with E-state index >= 15 is 0 Å². The second-order valence-corrected chi connectivity index (χ2v) is 5.36. The summed E-state index contributed by atoms with van der Waals surface area (Å²) in [5, 5.41) is 5.93. The van der Waals surface area contributed by atoms with Crippen molar-refractivity contribution in [1.29, 1.82) is 0 Å². The van der Waals surface area contributed by atoms with Crippen molar-refractivity contribution >= 4 is 35.0 Å². The summed E-state index contributed by atoms with van der Waals surface area (Å²) in [7, 11) is 0. The summed E-state index contributed by atoms with van der Waals surface area (Å²) in [6.07, 6.45) is 1.38. The van der Waals surface area contributed by atoms with Gasteiger partial charge in [0.15, 0.2) is 0 Å². The van der Waals surface area contributed by atoms with E-state index < -0.39 is 5.69 Å². The van der Waals surface area contributed by atoms with Gasteiger partial charge in [0.1, 0.15) is 0 Å². The van der Waals surface area contributed by atoms with E-state index in [1.54, 1.807) is 30.3 Å². The largest absolute Gasteiger partial charge is 0.345 e. The molecule has 1 aromatic heterocycles. The summed E-state index contributed by atoms with van der Waals surface area (Å²) in [6, 6.07) is 8.47. The minimum absolute atomic E-state index is 0.143. The Bertz CT molecular complexity index is 745. The van der Waals surface area contributed by atoms with E-state index in [1.165, 1.54) is 24.9 Å². The Morgan fingerprint density at radius 3 is 2.64 bits per heavy atom. The van der Waals surface area contributed by atoms with Crippen molar-refractivity contribution in [3.63, 3.8) is 0 Å². The molecule has 3 N–H and O–H groups in total. The molecule has 8 heteroatoms. The van der Waals surface area contributed by atoms with E-state index in [0.29, 0.717) is 16.4 Å². The zero-order valence-corrected chi connectivity index (χ0v) is 12.6. The maximum absolute atomic E-state index is 11.9. The van der Waals surface area contributed by atoms with Crippen LogP contribution in [0, 0.1) is 0 Å². The topological polar surface area (TPSA) is 104 Å². The monoisotopic (exact) mass is 318 g/mol. The van der Waals surface area contributed by atoms with E-state index in [-0.39, 0.29) is 17.6 Å². The lowest BCUT2D eigenvalue weighted by atomic mass is 10.2. The van der Waals surface area contributed by atoms with Crippen LogP contribution in [0.5, 0.6) is 0 Å². The molecule has 0 atom stereocenters. The van der Waals surface area contributed by atoms with Gasteiger partial charge < -0.3 is 15.6 Å². The normalized spacial score (nSPS) is 10.0. The average molecular weight is 318 g/mol. The fraction of sp³-hybridized carbons (Fsp3) is 0.143. The number of carbonyl (C=O) groups excluding carboxylic acids is 2. The van der Waals surface area contributed by atoms with Gasteiger partial charge in [-0.3, -0.25) is 9.59 Å². The lowest BCUT2D eigenvalue weighted by Crippen LogP contribution is -2.15. The fourth-order valence-electron chi connectivity index (χ4n) is 1.65. The van der Waals surface area contributed by atoms with Crippen LogP contribution in [0.15, 0.2) is 46.3 Å². The van der Waals surface area contributed by atoms with Crippen molar-refractivity contribution in [3.05, 3.63) is 47.0 Å². The molecule has 0 saturated carbocycles. The van der Waals surface area contributed by atoms with Gasteiger partial charge in [-0.15, -0.1) is 0 Å². The molecule has 0 aliphatic heterocycles. The Morgan fingerprint density at radius 2 is 1.95 bits per heavy atom. The van der Waals surface area contributed by atoms with E-state index in [4.69, 9.17) is 0 Å². The van der Waals surface area contributed by atoms with Crippen molar-refractivity contribution in [2.24, 2.45) is 0 Å². The average Bonchev–Trinajstić information content (AvgIpc) is 2.45. The molecule has 1 aromatic carbocycles. The number of H-pyrrole nitrogens is 1. The van der Waals surface area contributed by atoms with Gasteiger partial charge in [-0.05, 0) is 24.3 Å². The summed E-state index contributed by atoms with van der Waals surface area (Å²) < 4.78 is 0. The first kappa shape index (κ1) is 15.8. The number of amides is 2.